The van der Waals surface area contributed by atoms with Crippen molar-refractivity contribution >= 4 is 5.91 Å². The maximum Gasteiger partial charge on any atom is 0.223 e. The quantitative estimate of drug-likeness (QED) is 0.841. The van der Waals surface area contributed by atoms with Crippen LogP contribution in [0.4, 0.5) is 0 Å². The Balaban J connectivity index is 1.49. The minimum atomic E-state index is 0.196. The van der Waals surface area contributed by atoms with Gasteiger partial charge in [0, 0.05) is 51.3 Å². The standard InChI is InChI=1S/C15H21N5O2/c1-12-17-15(18-22-12)13-5-2-8-19(11-13)14(21)6-3-9-20-10-4-7-16-20/h4,7,10,13H,2-3,5-6,8-9,11H2,1H3/t13-/m1/s1. The number of piperidine rings is 1. The molecule has 0 saturated carbocycles. The minimum absolute atomic E-state index is 0.196. The van der Waals surface area contributed by atoms with E-state index >= 15 is 0 Å². The summed E-state index contributed by atoms with van der Waals surface area (Å²) in [7, 11) is 0. The molecule has 0 aliphatic carbocycles. The van der Waals surface area contributed by atoms with E-state index in [-0.39, 0.29) is 11.8 Å². The summed E-state index contributed by atoms with van der Waals surface area (Å²) in [5, 5.41) is 8.14. The lowest BCUT2D eigenvalue weighted by Gasteiger charge is -2.31. The Kier molecular flexibility index (Phi) is 4.50. The lowest BCUT2D eigenvalue weighted by atomic mass is 9.97. The van der Waals surface area contributed by atoms with Crippen molar-refractivity contribution in [2.45, 2.75) is 45.1 Å². The Labute approximate surface area is 129 Å². The Morgan fingerprint density at radius 1 is 1.50 bits per heavy atom. The van der Waals surface area contributed by atoms with Gasteiger partial charge in [-0.25, -0.2) is 0 Å². The van der Waals surface area contributed by atoms with Crippen LogP contribution in [-0.2, 0) is 11.3 Å². The highest BCUT2D eigenvalue weighted by Gasteiger charge is 2.27. The van der Waals surface area contributed by atoms with E-state index in [1.165, 1.54) is 0 Å². The van der Waals surface area contributed by atoms with Crippen molar-refractivity contribution in [1.29, 1.82) is 0 Å². The van der Waals surface area contributed by atoms with E-state index in [0.717, 1.165) is 38.2 Å². The van der Waals surface area contributed by atoms with Crippen LogP contribution in [0.15, 0.2) is 23.0 Å². The summed E-state index contributed by atoms with van der Waals surface area (Å²) in [5.74, 6) is 1.71. The third-order valence-corrected chi connectivity index (χ3v) is 4.02. The molecular weight excluding hydrogens is 282 g/mol. The fraction of sp³-hybridized carbons (Fsp3) is 0.600. The van der Waals surface area contributed by atoms with Crippen molar-refractivity contribution in [3.05, 3.63) is 30.2 Å². The number of aromatic nitrogens is 4. The first kappa shape index (κ1) is 14.7. The molecule has 1 atom stereocenters. The van der Waals surface area contributed by atoms with E-state index in [1.54, 1.807) is 13.1 Å². The summed E-state index contributed by atoms with van der Waals surface area (Å²) < 4.78 is 6.90. The fourth-order valence-electron chi connectivity index (χ4n) is 2.88. The largest absolute Gasteiger partial charge is 0.342 e. The van der Waals surface area contributed by atoms with Crippen LogP contribution in [0.2, 0.25) is 0 Å². The predicted octanol–water partition coefficient (Wildman–Crippen LogP) is 1.76. The summed E-state index contributed by atoms with van der Waals surface area (Å²) in [6, 6.07) is 1.89. The second-order valence-electron chi connectivity index (χ2n) is 5.72. The summed E-state index contributed by atoms with van der Waals surface area (Å²) in [4.78, 5) is 18.6. The Bertz CT molecular complexity index is 607. The van der Waals surface area contributed by atoms with Crippen molar-refractivity contribution in [3.8, 4) is 0 Å². The predicted molar refractivity (Wildman–Crippen MR) is 79.1 cm³/mol. The molecule has 1 saturated heterocycles. The first-order valence-corrected chi connectivity index (χ1v) is 7.78. The number of hydrogen-bond donors (Lipinski definition) is 0. The van der Waals surface area contributed by atoms with Crippen LogP contribution in [0.5, 0.6) is 0 Å². The SMILES string of the molecule is Cc1nc([C@@H]2CCCN(C(=O)CCCn3cccn3)C2)no1. The topological polar surface area (TPSA) is 77.1 Å². The highest BCUT2D eigenvalue weighted by Crippen LogP contribution is 2.25. The molecule has 7 heteroatoms. The Morgan fingerprint density at radius 3 is 3.14 bits per heavy atom. The van der Waals surface area contributed by atoms with Crippen molar-refractivity contribution in [2.75, 3.05) is 13.1 Å². The lowest BCUT2D eigenvalue weighted by Crippen LogP contribution is -2.39. The zero-order valence-corrected chi connectivity index (χ0v) is 12.8. The average molecular weight is 303 g/mol. The second-order valence-corrected chi connectivity index (χ2v) is 5.72. The zero-order valence-electron chi connectivity index (χ0n) is 12.8. The van der Waals surface area contributed by atoms with Gasteiger partial charge in [-0.15, -0.1) is 0 Å². The highest BCUT2D eigenvalue weighted by molar-refractivity contribution is 5.76. The monoisotopic (exact) mass is 303 g/mol. The number of carbonyl (C=O) groups excluding carboxylic acids is 1. The van der Waals surface area contributed by atoms with E-state index in [4.69, 9.17) is 4.52 Å². The van der Waals surface area contributed by atoms with Gasteiger partial charge in [-0.2, -0.15) is 10.1 Å². The van der Waals surface area contributed by atoms with Gasteiger partial charge in [0.15, 0.2) is 5.82 Å². The fourth-order valence-corrected chi connectivity index (χ4v) is 2.88. The van der Waals surface area contributed by atoms with Crippen molar-refractivity contribution in [3.63, 3.8) is 0 Å². The normalized spacial score (nSPS) is 18.6. The van der Waals surface area contributed by atoms with Gasteiger partial charge in [-0.05, 0) is 25.3 Å². The molecule has 1 fully saturated rings. The molecule has 0 spiro atoms. The third kappa shape index (κ3) is 3.52. The van der Waals surface area contributed by atoms with Gasteiger partial charge >= 0.3 is 0 Å². The Morgan fingerprint density at radius 2 is 2.41 bits per heavy atom. The van der Waals surface area contributed by atoms with E-state index in [9.17, 15) is 4.79 Å². The van der Waals surface area contributed by atoms with Crippen molar-refractivity contribution in [1.82, 2.24) is 24.8 Å². The molecule has 1 aliphatic heterocycles. The number of amides is 1. The number of nitrogens with zero attached hydrogens (tertiary/aromatic N) is 5. The van der Waals surface area contributed by atoms with Gasteiger partial charge in [0.2, 0.25) is 11.8 Å². The molecule has 2 aromatic rings. The highest BCUT2D eigenvalue weighted by atomic mass is 16.5. The molecule has 0 unspecified atom stereocenters. The number of carbonyl (C=O) groups is 1. The first-order valence-electron chi connectivity index (χ1n) is 7.78. The molecule has 3 heterocycles. The summed E-state index contributed by atoms with van der Waals surface area (Å²) in [6.07, 6.45) is 7.03. The smallest absolute Gasteiger partial charge is 0.223 e. The van der Waals surface area contributed by atoms with Crippen LogP contribution in [-0.4, -0.2) is 43.8 Å². The van der Waals surface area contributed by atoms with Crippen LogP contribution in [0.25, 0.3) is 0 Å². The molecule has 0 aromatic carbocycles. The number of likely N-dealkylation sites (tertiary alicyclic amines) is 1. The van der Waals surface area contributed by atoms with Crippen LogP contribution < -0.4 is 0 Å². The molecule has 22 heavy (non-hydrogen) atoms. The number of hydrogen-bond acceptors (Lipinski definition) is 5. The first-order chi connectivity index (χ1) is 10.7. The molecule has 1 amide bonds. The molecule has 3 rings (SSSR count). The summed E-state index contributed by atoms with van der Waals surface area (Å²) >= 11 is 0. The number of aryl methyl sites for hydroxylation is 2. The summed E-state index contributed by atoms with van der Waals surface area (Å²) in [5.41, 5.74) is 0. The summed E-state index contributed by atoms with van der Waals surface area (Å²) in [6.45, 7) is 4.09. The van der Waals surface area contributed by atoms with E-state index in [1.807, 2.05) is 21.8 Å². The van der Waals surface area contributed by atoms with Gasteiger partial charge in [0.25, 0.3) is 0 Å². The van der Waals surface area contributed by atoms with Gasteiger partial charge in [0.1, 0.15) is 0 Å². The lowest BCUT2D eigenvalue weighted by molar-refractivity contribution is -0.132. The van der Waals surface area contributed by atoms with Crippen LogP contribution in [0.3, 0.4) is 0 Å². The molecule has 118 valence electrons. The van der Waals surface area contributed by atoms with E-state index < -0.39 is 0 Å². The zero-order chi connectivity index (χ0) is 15.4. The van der Waals surface area contributed by atoms with E-state index in [0.29, 0.717) is 18.9 Å². The van der Waals surface area contributed by atoms with Crippen LogP contribution in [0, 0.1) is 6.92 Å². The minimum Gasteiger partial charge on any atom is -0.342 e. The Hall–Kier alpha value is -2.18. The maximum atomic E-state index is 12.3. The van der Waals surface area contributed by atoms with Crippen molar-refractivity contribution < 1.29 is 9.32 Å². The van der Waals surface area contributed by atoms with Crippen LogP contribution >= 0.6 is 0 Å². The average Bonchev–Trinajstić information content (AvgIpc) is 3.19. The van der Waals surface area contributed by atoms with Crippen LogP contribution in [0.1, 0.15) is 43.3 Å². The van der Waals surface area contributed by atoms with Gasteiger partial charge < -0.3 is 9.42 Å². The van der Waals surface area contributed by atoms with Gasteiger partial charge in [0.05, 0.1) is 0 Å². The molecule has 7 nitrogen and oxygen atoms in total. The molecule has 2 aromatic heterocycles. The molecular formula is C15H21N5O2. The van der Waals surface area contributed by atoms with Gasteiger partial charge in [-0.1, -0.05) is 5.16 Å². The molecule has 0 radical (unpaired) electrons. The third-order valence-electron chi connectivity index (χ3n) is 4.02. The number of rotatable bonds is 5. The van der Waals surface area contributed by atoms with E-state index in [2.05, 4.69) is 15.2 Å². The maximum absolute atomic E-state index is 12.3. The van der Waals surface area contributed by atoms with Crippen molar-refractivity contribution in [2.24, 2.45) is 0 Å². The van der Waals surface area contributed by atoms with Gasteiger partial charge in [-0.3, -0.25) is 9.48 Å². The molecule has 1 aliphatic rings. The molecule has 0 bridgehead atoms. The second kappa shape index (κ2) is 6.72. The molecule has 0 N–H and O–H groups in total.